The maximum Gasteiger partial charge on any atom is 0.307 e. The molecule has 3 nitrogen and oxygen atoms in total. The summed E-state index contributed by atoms with van der Waals surface area (Å²) in [6.45, 7) is 2.13. The van der Waals surface area contributed by atoms with E-state index in [2.05, 4.69) is 15.9 Å². The second-order valence-corrected chi connectivity index (χ2v) is 4.57. The zero-order chi connectivity index (χ0) is 12.1. The van der Waals surface area contributed by atoms with Gasteiger partial charge in [-0.15, -0.1) is 12.4 Å². The Morgan fingerprint density at radius 2 is 2.24 bits per heavy atom. The predicted octanol–water partition coefficient (Wildman–Crippen LogP) is 3.48. The molecule has 2 N–H and O–H groups in total. The molecule has 0 amide bonds. The molecular formula is C11H14BrCl2NO2. The lowest BCUT2D eigenvalue weighted by atomic mass is 10.1. The van der Waals surface area contributed by atoms with Gasteiger partial charge in [0.05, 0.1) is 13.0 Å². The third kappa shape index (κ3) is 5.25. The smallest absolute Gasteiger partial charge is 0.307 e. The lowest BCUT2D eigenvalue weighted by Gasteiger charge is -2.13. The van der Waals surface area contributed by atoms with Gasteiger partial charge in [-0.05, 0) is 24.6 Å². The standard InChI is InChI=1S/C11H13BrClNO2.ClH/c1-2-16-11(15)6-10(14)8-4-3-7(13)5-9(8)12;/h3-5,10H,2,6,14H2,1H3;1H/t10-;/m1./s1. The van der Waals surface area contributed by atoms with Crippen LogP contribution in [-0.2, 0) is 9.53 Å². The second-order valence-electron chi connectivity index (χ2n) is 3.28. The van der Waals surface area contributed by atoms with Crippen molar-refractivity contribution in [2.45, 2.75) is 19.4 Å². The maximum absolute atomic E-state index is 11.3. The van der Waals surface area contributed by atoms with E-state index < -0.39 is 0 Å². The Balaban J connectivity index is 0.00000256. The molecule has 0 aliphatic carbocycles. The average Bonchev–Trinajstić information content (AvgIpc) is 2.17. The highest BCUT2D eigenvalue weighted by Gasteiger charge is 2.15. The van der Waals surface area contributed by atoms with Crippen LogP contribution in [0.3, 0.4) is 0 Å². The first kappa shape index (κ1) is 16.7. The number of carbonyl (C=O) groups excluding carboxylic acids is 1. The SMILES string of the molecule is CCOC(=O)C[C@@H](N)c1ccc(Cl)cc1Br.Cl. The van der Waals surface area contributed by atoms with E-state index in [1.54, 1.807) is 25.1 Å². The van der Waals surface area contributed by atoms with Crippen molar-refractivity contribution >= 4 is 45.9 Å². The predicted molar refractivity (Wildman–Crippen MR) is 74.6 cm³/mol. The van der Waals surface area contributed by atoms with Gasteiger partial charge < -0.3 is 10.5 Å². The van der Waals surface area contributed by atoms with Gasteiger partial charge >= 0.3 is 5.97 Å². The first-order valence-corrected chi connectivity index (χ1v) is 6.07. The van der Waals surface area contributed by atoms with Crippen molar-refractivity contribution in [1.82, 2.24) is 0 Å². The van der Waals surface area contributed by atoms with Gasteiger partial charge in [0.25, 0.3) is 0 Å². The summed E-state index contributed by atoms with van der Waals surface area (Å²) in [5.41, 5.74) is 6.75. The van der Waals surface area contributed by atoms with Crippen molar-refractivity contribution in [3.8, 4) is 0 Å². The summed E-state index contributed by atoms with van der Waals surface area (Å²) in [5.74, 6) is -0.295. The van der Waals surface area contributed by atoms with Crippen molar-refractivity contribution < 1.29 is 9.53 Å². The zero-order valence-electron chi connectivity index (χ0n) is 9.28. The molecule has 0 fully saturated rings. The highest BCUT2D eigenvalue weighted by molar-refractivity contribution is 9.10. The molecule has 0 bridgehead atoms. The molecule has 0 unspecified atom stereocenters. The minimum absolute atomic E-state index is 0. The van der Waals surface area contributed by atoms with E-state index in [9.17, 15) is 4.79 Å². The van der Waals surface area contributed by atoms with Gasteiger partial charge in [0.15, 0.2) is 0 Å². The Morgan fingerprint density at radius 1 is 1.59 bits per heavy atom. The number of halogens is 3. The lowest BCUT2D eigenvalue weighted by molar-refractivity contribution is -0.143. The first-order chi connectivity index (χ1) is 7.54. The molecule has 1 rings (SSSR count). The molecule has 0 radical (unpaired) electrons. The molecule has 1 aromatic carbocycles. The van der Waals surface area contributed by atoms with E-state index in [0.29, 0.717) is 11.6 Å². The Bertz CT molecular complexity index is 388. The third-order valence-electron chi connectivity index (χ3n) is 2.05. The highest BCUT2D eigenvalue weighted by atomic mass is 79.9. The van der Waals surface area contributed by atoms with Crippen molar-refractivity contribution in [3.63, 3.8) is 0 Å². The Kier molecular flexibility index (Phi) is 7.79. The molecule has 0 aromatic heterocycles. The van der Waals surface area contributed by atoms with Crippen LogP contribution in [0.15, 0.2) is 22.7 Å². The molecule has 0 aliphatic rings. The minimum Gasteiger partial charge on any atom is -0.466 e. The van der Waals surface area contributed by atoms with E-state index >= 15 is 0 Å². The number of benzene rings is 1. The summed E-state index contributed by atoms with van der Waals surface area (Å²) in [6, 6.07) is 4.91. The van der Waals surface area contributed by atoms with Gasteiger partial charge in [-0.3, -0.25) is 4.79 Å². The molecule has 17 heavy (non-hydrogen) atoms. The first-order valence-electron chi connectivity index (χ1n) is 4.90. The molecule has 0 heterocycles. The van der Waals surface area contributed by atoms with Crippen LogP contribution in [0.4, 0.5) is 0 Å². The fourth-order valence-electron chi connectivity index (χ4n) is 1.31. The number of carbonyl (C=O) groups is 1. The van der Waals surface area contributed by atoms with Crippen LogP contribution in [0.1, 0.15) is 24.9 Å². The highest BCUT2D eigenvalue weighted by Crippen LogP contribution is 2.27. The topological polar surface area (TPSA) is 52.3 Å². The Hall–Kier alpha value is -0.290. The molecular weight excluding hydrogens is 329 g/mol. The van der Waals surface area contributed by atoms with E-state index in [0.717, 1.165) is 10.0 Å². The van der Waals surface area contributed by atoms with Crippen LogP contribution in [0.25, 0.3) is 0 Å². The normalized spacial score (nSPS) is 11.5. The van der Waals surface area contributed by atoms with Gasteiger partial charge in [0, 0.05) is 15.5 Å². The summed E-state index contributed by atoms with van der Waals surface area (Å²) in [7, 11) is 0. The van der Waals surface area contributed by atoms with Crippen LogP contribution < -0.4 is 5.73 Å². The Morgan fingerprint density at radius 3 is 2.76 bits per heavy atom. The molecule has 96 valence electrons. The number of ether oxygens (including phenoxy) is 1. The number of nitrogens with two attached hydrogens (primary N) is 1. The summed E-state index contributed by atoms with van der Waals surface area (Å²) in [4.78, 5) is 11.3. The number of esters is 1. The van der Waals surface area contributed by atoms with E-state index in [-0.39, 0.29) is 30.8 Å². The van der Waals surface area contributed by atoms with Crippen molar-refractivity contribution in [2.24, 2.45) is 5.73 Å². The average molecular weight is 343 g/mol. The monoisotopic (exact) mass is 341 g/mol. The quantitative estimate of drug-likeness (QED) is 0.852. The van der Waals surface area contributed by atoms with Crippen LogP contribution in [0.5, 0.6) is 0 Å². The van der Waals surface area contributed by atoms with E-state index in [4.69, 9.17) is 22.1 Å². The van der Waals surface area contributed by atoms with Crippen molar-refractivity contribution in [1.29, 1.82) is 0 Å². The van der Waals surface area contributed by atoms with Gasteiger partial charge in [-0.25, -0.2) is 0 Å². The van der Waals surface area contributed by atoms with Crippen LogP contribution in [0, 0.1) is 0 Å². The molecule has 6 heteroatoms. The third-order valence-corrected chi connectivity index (χ3v) is 2.98. The molecule has 0 spiro atoms. The minimum atomic E-state index is -0.384. The maximum atomic E-state index is 11.3. The second kappa shape index (κ2) is 7.93. The zero-order valence-corrected chi connectivity index (χ0v) is 12.4. The van der Waals surface area contributed by atoms with Gasteiger partial charge in [0.2, 0.25) is 0 Å². The van der Waals surface area contributed by atoms with Gasteiger partial charge in [-0.2, -0.15) is 0 Å². The lowest BCUT2D eigenvalue weighted by Crippen LogP contribution is -2.17. The molecule has 1 atom stereocenters. The van der Waals surface area contributed by atoms with Crippen LogP contribution in [0.2, 0.25) is 5.02 Å². The van der Waals surface area contributed by atoms with Crippen LogP contribution >= 0.6 is 39.9 Å². The van der Waals surface area contributed by atoms with Gasteiger partial charge in [-0.1, -0.05) is 33.6 Å². The van der Waals surface area contributed by atoms with Crippen LogP contribution in [-0.4, -0.2) is 12.6 Å². The van der Waals surface area contributed by atoms with Crippen molar-refractivity contribution in [2.75, 3.05) is 6.61 Å². The summed E-state index contributed by atoms with van der Waals surface area (Å²) in [5, 5.41) is 0.624. The molecule has 0 aliphatic heterocycles. The Labute approximate surface area is 120 Å². The fourth-order valence-corrected chi connectivity index (χ4v) is 2.29. The van der Waals surface area contributed by atoms with E-state index in [1.165, 1.54) is 0 Å². The number of rotatable bonds is 4. The summed E-state index contributed by atoms with van der Waals surface area (Å²) < 4.78 is 5.64. The summed E-state index contributed by atoms with van der Waals surface area (Å²) in [6.07, 6.45) is 0.161. The number of hydrogen-bond acceptors (Lipinski definition) is 3. The molecule has 0 saturated carbocycles. The van der Waals surface area contributed by atoms with E-state index in [1.807, 2.05) is 0 Å². The number of hydrogen-bond donors (Lipinski definition) is 1. The summed E-state index contributed by atoms with van der Waals surface area (Å²) >= 11 is 9.17. The fraction of sp³-hybridized carbons (Fsp3) is 0.364. The van der Waals surface area contributed by atoms with Crippen molar-refractivity contribution in [3.05, 3.63) is 33.3 Å². The largest absolute Gasteiger partial charge is 0.466 e. The molecule has 0 saturated heterocycles. The molecule has 1 aromatic rings. The van der Waals surface area contributed by atoms with Gasteiger partial charge in [0.1, 0.15) is 0 Å².